The number of benzene rings is 2. The van der Waals surface area contributed by atoms with Gasteiger partial charge in [0.25, 0.3) is 0 Å². The van der Waals surface area contributed by atoms with Gasteiger partial charge in [0.2, 0.25) is 5.91 Å². The van der Waals surface area contributed by atoms with Gasteiger partial charge in [0, 0.05) is 54.2 Å². The number of nitrogens with one attached hydrogen (secondary N) is 2. The van der Waals surface area contributed by atoms with Crippen molar-refractivity contribution < 1.29 is 23.6 Å². The lowest BCUT2D eigenvalue weighted by Crippen LogP contribution is -2.44. The van der Waals surface area contributed by atoms with Gasteiger partial charge in [-0.15, -0.1) is 0 Å². The van der Waals surface area contributed by atoms with Gasteiger partial charge in [0.15, 0.2) is 5.75 Å². The van der Waals surface area contributed by atoms with E-state index in [4.69, 9.17) is 14.7 Å². The number of rotatable bonds is 10. The Morgan fingerprint density at radius 1 is 1.08 bits per heavy atom. The molecule has 1 amide bonds. The van der Waals surface area contributed by atoms with Gasteiger partial charge in [0.1, 0.15) is 13.3 Å². The average Bonchev–Trinajstić information content (AvgIpc) is 2.96. The summed E-state index contributed by atoms with van der Waals surface area (Å²) in [5.74, 6) is 0.196. The van der Waals surface area contributed by atoms with Crippen molar-refractivity contribution in [3.63, 3.8) is 0 Å². The van der Waals surface area contributed by atoms with Gasteiger partial charge < -0.3 is 25.0 Å². The van der Waals surface area contributed by atoms with E-state index in [-0.39, 0.29) is 42.1 Å². The summed E-state index contributed by atoms with van der Waals surface area (Å²) in [7, 11) is 1.41. The Morgan fingerprint density at radius 3 is 2.33 bits per heavy atom. The summed E-state index contributed by atoms with van der Waals surface area (Å²) in [5.41, 5.74) is 2.23. The predicted molar refractivity (Wildman–Crippen MR) is 144 cm³/mol. The van der Waals surface area contributed by atoms with E-state index < -0.39 is 11.6 Å². The lowest BCUT2D eigenvalue weighted by molar-refractivity contribution is -0.385. The van der Waals surface area contributed by atoms with Crippen molar-refractivity contribution in [2.75, 3.05) is 37.4 Å². The van der Waals surface area contributed by atoms with Crippen LogP contribution in [0.1, 0.15) is 49.7 Å². The summed E-state index contributed by atoms with van der Waals surface area (Å²) in [4.78, 5) is 25.2. The van der Waals surface area contributed by atoms with Crippen LogP contribution in [-0.2, 0) is 16.2 Å². The van der Waals surface area contributed by atoms with Crippen molar-refractivity contribution in [3.05, 3.63) is 57.6 Å². The molecule has 1 saturated heterocycles. The smallest absolute Gasteiger partial charge is 0.311 e. The molecule has 0 atom stereocenters. The van der Waals surface area contributed by atoms with Crippen LogP contribution < -0.4 is 15.4 Å². The Bertz CT molecular complexity index is 1200. The summed E-state index contributed by atoms with van der Waals surface area (Å²) in [5, 5.41) is 27.0. The van der Waals surface area contributed by atoms with E-state index in [1.165, 1.54) is 13.2 Å². The number of hydrogen-bond donors (Lipinski definition) is 2. The number of methoxy groups -OCH3 is 1. The number of amides is 1. The summed E-state index contributed by atoms with van der Waals surface area (Å²) >= 11 is 0. The fourth-order valence-corrected chi connectivity index (χ4v) is 5.22. The molecule has 39 heavy (non-hydrogen) atoms. The van der Waals surface area contributed by atoms with E-state index in [0.29, 0.717) is 24.2 Å². The first-order chi connectivity index (χ1) is 18.9. The standard InChI is InChI=1S/C28H34FN5O5/c1-38-27-15-24(6-9-26(27)34(36)37)32-22-10-12-33(13-11-22)28(35)18-39-25-7-4-21(5-8-25)31-23-3-2-19(17-30)20(14-23)16-29/h2-3,6,9,14-15,21-22,25,31-32H,4-5,7-8,10-13,16,18H2,1H3. The molecule has 208 valence electrons. The fourth-order valence-electron chi connectivity index (χ4n) is 5.22. The number of nitriles is 1. The Labute approximate surface area is 227 Å². The fraction of sp³-hybridized carbons (Fsp3) is 0.500. The number of carbonyl (C=O) groups is 1. The zero-order valence-corrected chi connectivity index (χ0v) is 22.0. The Hall–Kier alpha value is -3.91. The molecular formula is C28H34FN5O5. The lowest BCUT2D eigenvalue weighted by atomic mass is 9.92. The van der Waals surface area contributed by atoms with Gasteiger partial charge in [-0.3, -0.25) is 14.9 Å². The first-order valence-electron chi connectivity index (χ1n) is 13.2. The minimum atomic E-state index is -0.670. The maximum atomic E-state index is 13.2. The molecule has 11 heteroatoms. The van der Waals surface area contributed by atoms with Gasteiger partial charge >= 0.3 is 5.69 Å². The molecule has 2 aliphatic rings. The molecule has 2 fully saturated rings. The molecule has 2 aromatic rings. The van der Waals surface area contributed by atoms with Crippen LogP contribution in [0.5, 0.6) is 5.75 Å². The first kappa shape index (κ1) is 28.1. The zero-order chi connectivity index (χ0) is 27.8. The molecule has 4 rings (SSSR count). The summed E-state index contributed by atoms with van der Waals surface area (Å²) < 4.78 is 24.3. The number of nitro groups is 1. The molecule has 1 aliphatic heterocycles. The average molecular weight is 540 g/mol. The highest BCUT2D eigenvalue weighted by atomic mass is 19.1. The van der Waals surface area contributed by atoms with Crippen LogP contribution in [0.15, 0.2) is 36.4 Å². The highest BCUT2D eigenvalue weighted by Gasteiger charge is 2.26. The van der Waals surface area contributed by atoms with Crippen LogP contribution in [0.3, 0.4) is 0 Å². The maximum absolute atomic E-state index is 13.2. The third-order valence-corrected chi connectivity index (χ3v) is 7.45. The Kier molecular flexibility index (Phi) is 9.54. The van der Waals surface area contributed by atoms with Crippen molar-refractivity contribution >= 4 is 23.0 Å². The van der Waals surface area contributed by atoms with E-state index in [9.17, 15) is 19.3 Å². The summed E-state index contributed by atoms with van der Waals surface area (Å²) in [6.45, 7) is 0.629. The lowest BCUT2D eigenvalue weighted by Gasteiger charge is -2.34. The molecule has 2 N–H and O–H groups in total. The molecule has 0 spiro atoms. The predicted octanol–water partition coefficient (Wildman–Crippen LogP) is 4.79. The van der Waals surface area contributed by atoms with Crippen molar-refractivity contribution in [2.45, 2.75) is 63.4 Å². The number of carbonyl (C=O) groups excluding carboxylic acids is 1. The second kappa shape index (κ2) is 13.2. The van der Waals surface area contributed by atoms with Crippen LogP contribution >= 0.6 is 0 Å². The number of ether oxygens (including phenoxy) is 2. The van der Waals surface area contributed by atoms with Gasteiger partial charge in [-0.1, -0.05) is 0 Å². The topological polar surface area (TPSA) is 130 Å². The minimum absolute atomic E-state index is 0.0120. The highest BCUT2D eigenvalue weighted by Crippen LogP contribution is 2.31. The van der Waals surface area contributed by atoms with Crippen LogP contribution in [0.2, 0.25) is 0 Å². The third kappa shape index (κ3) is 7.35. The number of halogens is 1. The van der Waals surface area contributed by atoms with Gasteiger partial charge in [0.05, 0.1) is 29.8 Å². The van der Waals surface area contributed by atoms with Gasteiger partial charge in [-0.2, -0.15) is 5.26 Å². The SMILES string of the molecule is COc1cc(NC2CCN(C(=O)COC3CCC(Nc4ccc(C#N)c(CF)c4)CC3)CC2)ccc1[N+](=O)[O-]. The number of hydrogen-bond acceptors (Lipinski definition) is 8. The molecule has 0 unspecified atom stereocenters. The molecular weight excluding hydrogens is 505 g/mol. The van der Waals surface area contributed by atoms with Crippen LogP contribution in [0.25, 0.3) is 0 Å². The normalized spacial score (nSPS) is 19.7. The van der Waals surface area contributed by atoms with E-state index >= 15 is 0 Å². The van der Waals surface area contributed by atoms with Crippen LogP contribution in [-0.4, -0.2) is 60.7 Å². The first-order valence-corrected chi connectivity index (χ1v) is 13.2. The molecule has 10 nitrogen and oxygen atoms in total. The maximum Gasteiger partial charge on any atom is 0.311 e. The number of piperidine rings is 1. The second-order valence-electron chi connectivity index (χ2n) is 9.99. The monoisotopic (exact) mass is 539 g/mol. The van der Waals surface area contributed by atoms with E-state index in [1.54, 1.807) is 30.3 Å². The molecule has 0 bridgehead atoms. The van der Waals surface area contributed by atoms with Crippen molar-refractivity contribution in [3.8, 4) is 11.8 Å². The summed E-state index contributed by atoms with van der Waals surface area (Å²) in [6.07, 6.45) is 5.00. The van der Waals surface area contributed by atoms with Gasteiger partial charge in [-0.25, -0.2) is 4.39 Å². The number of nitrogens with zero attached hydrogens (tertiary/aromatic N) is 3. The van der Waals surface area contributed by atoms with E-state index in [2.05, 4.69) is 10.6 Å². The van der Waals surface area contributed by atoms with Crippen molar-refractivity contribution in [2.24, 2.45) is 0 Å². The number of likely N-dealkylation sites (tertiary alicyclic amines) is 1. The number of alkyl halides is 1. The van der Waals surface area contributed by atoms with Crippen molar-refractivity contribution in [1.82, 2.24) is 4.90 Å². The summed E-state index contributed by atoms with van der Waals surface area (Å²) in [6, 6.07) is 12.3. The largest absolute Gasteiger partial charge is 0.490 e. The van der Waals surface area contributed by atoms with E-state index in [0.717, 1.165) is 49.9 Å². The number of anilines is 2. The van der Waals surface area contributed by atoms with Crippen molar-refractivity contribution in [1.29, 1.82) is 5.26 Å². The molecule has 1 aliphatic carbocycles. The highest BCUT2D eigenvalue weighted by molar-refractivity contribution is 5.77. The third-order valence-electron chi connectivity index (χ3n) is 7.45. The van der Waals surface area contributed by atoms with Crippen LogP contribution in [0.4, 0.5) is 21.5 Å². The van der Waals surface area contributed by atoms with E-state index in [1.807, 2.05) is 11.0 Å². The second-order valence-corrected chi connectivity index (χ2v) is 9.99. The van der Waals surface area contributed by atoms with Gasteiger partial charge in [-0.05, 0) is 62.8 Å². The molecule has 0 aromatic heterocycles. The quantitative estimate of drug-likeness (QED) is 0.326. The Balaban J connectivity index is 1.16. The molecule has 1 saturated carbocycles. The number of nitro benzene ring substituents is 1. The minimum Gasteiger partial charge on any atom is -0.490 e. The molecule has 2 aromatic carbocycles. The molecule has 1 heterocycles. The molecule has 0 radical (unpaired) electrons. The van der Waals surface area contributed by atoms with Crippen LogP contribution in [0, 0.1) is 21.4 Å². The zero-order valence-electron chi connectivity index (χ0n) is 22.0. The Morgan fingerprint density at radius 2 is 1.72 bits per heavy atom.